The lowest BCUT2D eigenvalue weighted by atomic mass is 10.1. The zero-order chi connectivity index (χ0) is 13.8. The van der Waals surface area contributed by atoms with E-state index in [1.807, 2.05) is 31.0 Å². The van der Waals surface area contributed by atoms with Gasteiger partial charge in [-0.05, 0) is 38.8 Å². The molecular formula is C15H23N3O. The van der Waals surface area contributed by atoms with Crippen LogP contribution in [0.2, 0.25) is 0 Å². The van der Waals surface area contributed by atoms with E-state index in [4.69, 9.17) is 0 Å². The SMILES string of the molecule is CCN(C(=O)c1cc(C)nc(NC)c1)C1CCCC1. The predicted octanol–water partition coefficient (Wildman–Crippen LogP) is 2.84. The Morgan fingerprint density at radius 1 is 1.42 bits per heavy atom. The summed E-state index contributed by atoms with van der Waals surface area (Å²) >= 11 is 0. The van der Waals surface area contributed by atoms with Crippen molar-refractivity contribution in [2.45, 2.75) is 45.6 Å². The highest BCUT2D eigenvalue weighted by molar-refractivity contribution is 5.95. The number of aryl methyl sites for hydroxylation is 1. The third-order valence-corrected chi connectivity index (χ3v) is 3.82. The van der Waals surface area contributed by atoms with Crippen molar-refractivity contribution in [2.75, 3.05) is 18.9 Å². The molecule has 0 saturated heterocycles. The summed E-state index contributed by atoms with van der Waals surface area (Å²) in [6, 6.07) is 4.14. The molecule has 0 radical (unpaired) electrons. The maximum Gasteiger partial charge on any atom is 0.254 e. The van der Waals surface area contributed by atoms with Crippen LogP contribution in [0.4, 0.5) is 5.82 Å². The molecule has 0 spiro atoms. The fraction of sp³-hybridized carbons (Fsp3) is 0.600. The van der Waals surface area contributed by atoms with Crippen molar-refractivity contribution in [3.8, 4) is 0 Å². The molecule has 0 bridgehead atoms. The highest BCUT2D eigenvalue weighted by Gasteiger charge is 2.26. The first kappa shape index (κ1) is 13.8. The van der Waals surface area contributed by atoms with Crippen molar-refractivity contribution in [3.05, 3.63) is 23.4 Å². The van der Waals surface area contributed by atoms with Gasteiger partial charge in [0.15, 0.2) is 0 Å². The second kappa shape index (κ2) is 6.04. The van der Waals surface area contributed by atoms with Gasteiger partial charge in [-0.1, -0.05) is 12.8 Å². The largest absolute Gasteiger partial charge is 0.373 e. The number of nitrogens with one attached hydrogen (secondary N) is 1. The van der Waals surface area contributed by atoms with E-state index in [1.54, 1.807) is 0 Å². The molecule has 19 heavy (non-hydrogen) atoms. The second-order valence-corrected chi connectivity index (χ2v) is 5.16. The summed E-state index contributed by atoms with van der Waals surface area (Å²) in [4.78, 5) is 19.0. The number of aromatic nitrogens is 1. The highest BCUT2D eigenvalue weighted by Crippen LogP contribution is 2.25. The van der Waals surface area contributed by atoms with Crippen LogP contribution in [0.15, 0.2) is 12.1 Å². The monoisotopic (exact) mass is 261 g/mol. The number of carbonyl (C=O) groups excluding carboxylic acids is 1. The Morgan fingerprint density at radius 3 is 2.68 bits per heavy atom. The van der Waals surface area contributed by atoms with Crippen molar-refractivity contribution in [3.63, 3.8) is 0 Å². The van der Waals surface area contributed by atoms with Gasteiger partial charge in [0.05, 0.1) is 0 Å². The van der Waals surface area contributed by atoms with E-state index < -0.39 is 0 Å². The molecule has 1 aromatic rings. The van der Waals surface area contributed by atoms with E-state index in [0.717, 1.165) is 36.5 Å². The molecule has 0 unspecified atom stereocenters. The van der Waals surface area contributed by atoms with E-state index >= 15 is 0 Å². The van der Waals surface area contributed by atoms with Crippen molar-refractivity contribution in [1.82, 2.24) is 9.88 Å². The third-order valence-electron chi connectivity index (χ3n) is 3.82. The molecule has 0 aromatic carbocycles. The van der Waals surface area contributed by atoms with E-state index in [2.05, 4.69) is 17.2 Å². The van der Waals surface area contributed by atoms with Crippen molar-refractivity contribution in [2.24, 2.45) is 0 Å². The van der Waals surface area contributed by atoms with Crippen LogP contribution in [0, 0.1) is 6.92 Å². The molecule has 1 aliphatic rings. The average molecular weight is 261 g/mol. The zero-order valence-corrected chi connectivity index (χ0v) is 12.1. The minimum atomic E-state index is 0.136. The molecule has 0 atom stereocenters. The Bertz CT molecular complexity index is 453. The summed E-state index contributed by atoms with van der Waals surface area (Å²) in [5.74, 6) is 0.891. The molecule has 4 nitrogen and oxygen atoms in total. The Labute approximate surface area is 115 Å². The number of rotatable bonds is 4. The maximum atomic E-state index is 12.7. The van der Waals surface area contributed by atoms with Gasteiger partial charge < -0.3 is 10.2 Å². The summed E-state index contributed by atoms with van der Waals surface area (Å²) in [5.41, 5.74) is 1.61. The van der Waals surface area contributed by atoms with Crippen LogP contribution in [0.25, 0.3) is 0 Å². The first-order valence-electron chi connectivity index (χ1n) is 7.13. The minimum Gasteiger partial charge on any atom is -0.373 e. The standard InChI is InChI=1S/C15H23N3O/c1-4-18(13-7-5-6-8-13)15(19)12-9-11(2)17-14(10-12)16-3/h9-10,13H,4-8H2,1-3H3,(H,16,17). The van der Waals surface area contributed by atoms with E-state index in [1.165, 1.54) is 12.8 Å². The van der Waals surface area contributed by atoms with Gasteiger partial charge in [0.25, 0.3) is 5.91 Å². The molecule has 1 saturated carbocycles. The smallest absolute Gasteiger partial charge is 0.254 e. The van der Waals surface area contributed by atoms with Gasteiger partial charge in [-0.2, -0.15) is 0 Å². The van der Waals surface area contributed by atoms with Crippen molar-refractivity contribution >= 4 is 11.7 Å². The fourth-order valence-electron chi connectivity index (χ4n) is 2.87. The Morgan fingerprint density at radius 2 is 2.11 bits per heavy atom. The van der Waals surface area contributed by atoms with E-state index in [9.17, 15) is 4.79 Å². The molecular weight excluding hydrogens is 238 g/mol. The van der Waals surface area contributed by atoms with Gasteiger partial charge in [0.2, 0.25) is 0 Å². The van der Waals surface area contributed by atoms with Gasteiger partial charge in [0, 0.05) is 30.9 Å². The lowest BCUT2D eigenvalue weighted by molar-refractivity contribution is 0.0693. The minimum absolute atomic E-state index is 0.136. The summed E-state index contributed by atoms with van der Waals surface area (Å²) in [6.07, 6.45) is 4.77. The summed E-state index contributed by atoms with van der Waals surface area (Å²) in [7, 11) is 1.82. The Balaban J connectivity index is 2.23. The van der Waals surface area contributed by atoms with Crippen LogP contribution in [0.5, 0.6) is 0 Å². The number of anilines is 1. The molecule has 1 N–H and O–H groups in total. The topological polar surface area (TPSA) is 45.2 Å². The lowest BCUT2D eigenvalue weighted by Gasteiger charge is -2.28. The quantitative estimate of drug-likeness (QED) is 0.906. The number of hydrogen-bond acceptors (Lipinski definition) is 3. The molecule has 4 heteroatoms. The summed E-state index contributed by atoms with van der Waals surface area (Å²) in [5, 5.41) is 3.01. The third kappa shape index (κ3) is 3.06. The number of pyridine rings is 1. The van der Waals surface area contributed by atoms with Crippen LogP contribution in [-0.2, 0) is 0 Å². The number of hydrogen-bond donors (Lipinski definition) is 1. The van der Waals surface area contributed by atoms with Crippen LogP contribution in [0.1, 0.15) is 48.7 Å². The average Bonchev–Trinajstić information content (AvgIpc) is 2.92. The first-order chi connectivity index (χ1) is 9.15. The molecule has 104 valence electrons. The van der Waals surface area contributed by atoms with Crippen LogP contribution in [-0.4, -0.2) is 35.4 Å². The van der Waals surface area contributed by atoms with Gasteiger partial charge in [-0.25, -0.2) is 4.98 Å². The van der Waals surface area contributed by atoms with Crippen LogP contribution < -0.4 is 5.32 Å². The van der Waals surface area contributed by atoms with Crippen LogP contribution >= 0.6 is 0 Å². The predicted molar refractivity (Wildman–Crippen MR) is 77.5 cm³/mol. The number of carbonyl (C=O) groups is 1. The molecule has 1 aliphatic carbocycles. The summed E-state index contributed by atoms with van der Waals surface area (Å²) in [6.45, 7) is 4.76. The summed E-state index contributed by atoms with van der Waals surface area (Å²) < 4.78 is 0. The normalized spacial score (nSPS) is 15.5. The van der Waals surface area contributed by atoms with Crippen molar-refractivity contribution in [1.29, 1.82) is 0 Å². The number of amides is 1. The molecule has 0 aliphatic heterocycles. The molecule has 1 aromatic heterocycles. The van der Waals surface area contributed by atoms with E-state index in [0.29, 0.717) is 6.04 Å². The Kier molecular flexibility index (Phi) is 4.40. The van der Waals surface area contributed by atoms with Gasteiger partial charge in [-0.3, -0.25) is 4.79 Å². The lowest BCUT2D eigenvalue weighted by Crippen LogP contribution is -2.38. The zero-order valence-electron chi connectivity index (χ0n) is 12.1. The molecule has 2 rings (SSSR count). The van der Waals surface area contributed by atoms with Gasteiger partial charge >= 0.3 is 0 Å². The van der Waals surface area contributed by atoms with E-state index in [-0.39, 0.29) is 5.91 Å². The first-order valence-corrected chi connectivity index (χ1v) is 7.13. The fourth-order valence-corrected chi connectivity index (χ4v) is 2.87. The molecule has 1 amide bonds. The van der Waals surface area contributed by atoms with Gasteiger partial charge in [-0.15, -0.1) is 0 Å². The second-order valence-electron chi connectivity index (χ2n) is 5.16. The van der Waals surface area contributed by atoms with Crippen LogP contribution in [0.3, 0.4) is 0 Å². The van der Waals surface area contributed by atoms with Crippen molar-refractivity contribution < 1.29 is 4.79 Å². The highest BCUT2D eigenvalue weighted by atomic mass is 16.2. The number of nitrogens with zero attached hydrogens (tertiary/aromatic N) is 2. The molecule has 1 heterocycles. The molecule has 1 fully saturated rings. The Hall–Kier alpha value is -1.58. The maximum absolute atomic E-state index is 12.7. The van der Waals surface area contributed by atoms with Gasteiger partial charge in [0.1, 0.15) is 5.82 Å².